The van der Waals surface area contributed by atoms with Gasteiger partial charge in [-0.15, -0.1) is 0 Å². The van der Waals surface area contributed by atoms with Crippen LogP contribution in [0.1, 0.15) is 36.2 Å². The van der Waals surface area contributed by atoms with Gasteiger partial charge in [-0.1, -0.05) is 20.3 Å². The van der Waals surface area contributed by atoms with E-state index in [0.717, 1.165) is 0 Å². The van der Waals surface area contributed by atoms with Crippen molar-refractivity contribution in [2.24, 2.45) is 23.5 Å². The number of rotatable bonds is 4. The Bertz CT molecular complexity index is 1220. The number of aliphatic hydroxyl groups excluding tert-OH is 1. The first kappa shape index (κ1) is 24.1. The normalized spacial score (nSPS) is 28.4. The van der Waals surface area contributed by atoms with E-state index in [1.807, 2.05) is 0 Å². The third kappa shape index (κ3) is 3.07. The highest BCUT2D eigenvalue weighted by atomic mass is 16.3. The number of phenolic OH excluding ortho intramolecular Hbond substituents is 2. The molecule has 0 aromatic heterocycles. The molecule has 6 atom stereocenters. The molecule has 0 bridgehead atoms. The number of Topliss-reactive ketones (excluding diaryl/α,β-unsaturated/α-hetero) is 3. The van der Waals surface area contributed by atoms with Gasteiger partial charge in [0.15, 0.2) is 17.2 Å². The van der Waals surface area contributed by atoms with Crippen LogP contribution in [0.3, 0.4) is 0 Å². The van der Waals surface area contributed by atoms with Crippen LogP contribution in [0.4, 0.5) is 5.69 Å². The molecule has 0 aliphatic heterocycles. The van der Waals surface area contributed by atoms with Crippen LogP contribution < -0.4 is 10.6 Å². The first-order chi connectivity index (χ1) is 15.9. The van der Waals surface area contributed by atoms with Gasteiger partial charge in [-0.05, 0) is 36.1 Å². The zero-order valence-corrected chi connectivity index (χ0v) is 19.6. The Kier molecular flexibility index (Phi) is 5.70. The second kappa shape index (κ2) is 8.04. The van der Waals surface area contributed by atoms with E-state index in [1.54, 1.807) is 45.0 Å². The molecule has 2 aliphatic rings. The lowest BCUT2D eigenvalue weighted by Gasteiger charge is -2.47. The van der Waals surface area contributed by atoms with Crippen LogP contribution in [0.25, 0.3) is 10.8 Å². The molecule has 0 spiro atoms. The predicted molar refractivity (Wildman–Crippen MR) is 125 cm³/mol. The fourth-order valence-electron chi connectivity index (χ4n) is 5.41. The van der Waals surface area contributed by atoms with E-state index >= 15 is 0 Å². The van der Waals surface area contributed by atoms with Gasteiger partial charge in [0, 0.05) is 31.1 Å². The van der Waals surface area contributed by atoms with Gasteiger partial charge in [-0.25, -0.2) is 0 Å². The number of aliphatic hydroxyl groups is 2. The number of hydrogen-bond acceptors (Lipinski definition) is 9. The summed E-state index contributed by atoms with van der Waals surface area (Å²) in [5, 5.41) is 44.2. The standard InChI is InChI=1S/C25H30N2O7/c1-5-10(2)20(29)18-22(31)19(26)13-9-11-8-12-14(27(3)4)6-7-15(28)17(12)21(30)16(11)23(32)25(13,34)24(18)33/h6-8,10,13,18-20,28-30,34H,5,9,26H2,1-4H3. The molecule has 6 unspecified atom stereocenters. The lowest BCUT2D eigenvalue weighted by atomic mass is 9.57. The predicted octanol–water partition coefficient (Wildman–Crippen LogP) is 0.905. The number of nitrogens with zero attached hydrogens (tertiary/aromatic N) is 1. The van der Waals surface area contributed by atoms with Crippen molar-refractivity contribution in [2.75, 3.05) is 19.0 Å². The molecule has 9 nitrogen and oxygen atoms in total. The largest absolute Gasteiger partial charge is 0.507 e. The quantitative estimate of drug-likeness (QED) is 0.409. The Hall–Kier alpha value is -3.01. The van der Waals surface area contributed by atoms with Crippen LogP contribution in [0, 0.1) is 17.8 Å². The molecule has 0 heterocycles. The molecule has 0 saturated heterocycles. The van der Waals surface area contributed by atoms with Gasteiger partial charge in [0.1, 0.15) is 17.4 Å². The Morgan fingerprint density at radius 1 is 1.21 bits per heavy atom. The minimum atomic E-state index is -2.68. The summed E-state index contributed by atoms with van der Waals surface area (Å²) in [6, 6.07) is 3.29. The van der Waals surface area contributed by atoms with Crippen molar-refractivity contribution in [3.05, 3.63) is 29.3 Å². The van der Waals surface area contributed by atoms with Gasteiger partial charge in [-0.2, -0.15) is 0 Å². The molecule has 2 aliphatic carbocycles. The number of fused-ring (bicyclic) bond motifs is 3. The van der Waals surface area contributed by atoms with Crippen molar-refractivity contribution in [2.45, 2.75) is 44.4 Å². The van der Waals surface area contributed by atoms with Crippen LogP contribution in [0.5, 0.6) is 11.5 Å². The number of phenols is 2. The molecule has 34 heavy (non-hydrogen) atoms. The SMILES string of the molecule is CCC(C)C(O)C1C(=O)C(N)C2Cc3cc4c(N(C)C)ccc(O)c4c(O)c3C(=O)C2(O)C1=O. The van der Waals surface area contributed by atoms with Crippen molar-refractivity contribution in [3.8, 4) is 11.5 Å². The molecular formula is C25H30N2O7. The number of ketones is 3. The zero-order valence-electron chi connectivity index (χ0n) is 19.6. The molecule has 4 rings (SSSR count). The van der Waals surface area contributed by atoms with E-state index in [2.05, 4.69) is 0 Å². The fraction of sp³-hybridized carbons (Fsp3) is 0.480. The first-order valence-corrected chi connectivity index (χ1v) is 11.3. The van der Waals surface area contributed by atoms with Gasteiger partial charge < -0.3 is 31.1 Å². The number of nitrogens with two attached hydrogens (primary N) is 1. The summed E-state index contributed by atoms with van der Waals surface area (Å²) in [6.07, 6.45) is -1.06. The summed E-state index contributed by atoms with van der Waals surface area (Å²) < 4.78 is 0. The number of aromatic hydroxyl groups is 2. The van der Waals surface area contributed by atoms with Gasteiger partial charge >= 0.3 is 0 Å². The molecule has 1 fully saturated rings. The Morgan fingerprint density at radius 3 is 2.44 bits per heavy atom. The highest BCUT2D eigenvalue weighted by molar-refractivity contribution is 6.28. The summed E-state index contributed by atoms with van der Waals surface area (Å²) in [5.74, 6) is -7.05. The maximum absolute atomic E-state index is 13.7. The van der Waals surface area contributed by atoms with Crippen LogP contribution in [0.15, 0.2) is 18.2 Å². The molecule has 182 valence electrons. The molecule has 9 heteroatoms. The molecule has 1 saturated carbocycles. The van der Waals surface area contributed by atoms with Crippen molar-refractivity contribution in [3.63, 3.8) is 0 Å². The second-order valence-corrected chi connectivity index (χ2v) is 9.73. The summed E-state index contributed by atoms with van der Waals surface area (Å²) in [5.41, 5.74) is 4.20. The van der Waals surface area contributed by atoms with Crippen LogP contribution >= 0.6 is 0 Å². The Labute approximate surface area is 196 Å². The molecule has 0 radical (unpaired) electrons. The summed E-state index contributed by atoms with van der Waals surface area (Å²) >= 11 is 0. The average molecular weight is 471 g/mol. The topological polar surface area (TPSA) is 161 Å². The lowest BCUT2D eigenvalue weighted by Crippen LogP contribution is -2.71. The van der Waals surface area contributed by atoms with E-state index in [-0.39, 0.29) is 23.1 Å². The molecule has 0 amide bonds. The minimum absolute atomic E-state index is 0.0140. The number of carbonyl (C=O) groups is 3. The highest BCUT2D eigenvalue weighted by Crippen LogP contribution is 2.49. The lowest BCUT2D eigenvalue weighted by molar-refractivity contribution is -0.162. The third-order valence-electron chi connectivity index (χ3n) is 7.64. The Balaban J connectivity index is 1.95. The van der Waals surface area contributed by atoms with Gasteiger partial charge in [-0.3, -0.25) is 14.4 Å². The van der Waals surface area contributed by atoms with Gasteiger partial charge in [0.05, 0.1) is 23.1 Å². The number of carbonyl (C=O) groups excluding carboxylic acids is 3. The highest BCUT2D eigenvalue weighted by Gasteiger charge is 2.65. The van der Waals surface area contributed by atoms with E-state index in [1.165, 1.54) is 6.07 Å². The van der Waals surface area contributed by atoms with Crippen molar-refractivity contribution in [1.29, 1.82) is 0 Å². The molecule has 2 aromatic carbocycles. The van der Waals surface area contributed by atoms with E-state index in [9.17, 15) is 34.8 Å². The monoisotopic (exact) mass is 470 g/mol. The summed E-state index contributed by atoms with van der Waals surface area (Å²) in [7, 11) is 3.56. The summed E-state index contributed by atoms with van der Waals surface area (Å²) in [4.78, 5) is 42.0. The second-order valence-electron chi connectivity index (χ2n) is 9.73. The van der Waals surface area contributed by atoms with Crippen LogP contribution in [0.2, 0.25) is 0 Å². The molecular weight excluding hydrogens is 440 g/mol. The minimum Gasteiger partial charge on any atom is -0.507 e. The third-order valence-corrected chi connectivity index (χ3v) is 7.64. The number of anilines is 1. The average Bonchev–Trinajstić information content (AvgIpc) is 2.78. The van der Waals surface area contributed by atoms with Crippen molar-refractivity contribution >= 4 is 33.8 Å². The Morgan fingerprint density at radius 2 is 1.85 bits per heavy atom. The van der Waals surface area contributed by atoms with E-state index in [4.69, 9.17) is 5.73 Å². The number of hydrogen-bond donors (Lipinski definition) is 5. The van der Waals surface area contributed by atoms with Gasteiger partial charge in [0.25, 0.3) is 0 Å². The van der Waals surface area contributed by atoms with Crippen LogP contribution in [-0.4, -0.2) is 69.6 Å². The maximum atomic E-state index is 13.7. The zero-order chi connectivity index (χ0) is 25.3. The maximum Gasteiger partial charge on any atom is 0.206 e. The first-order valence-electron chi connectivity index (χ1n) is 11.3. The smallest absolute Gasteiger partial charge is 0.206 e. The molecule has 2 aromatic rings. The summed E-state index contributed by atoms with van der Waals surface area (Å²) in [6.45, 7) is 3.44. The fourth-order valence-corrected chi connectivity index (χ4v) is 5.41. The van der Waals surface area contributed by atoms with Crippen molar-refractivity contribution in [1.82, 2.24) is 0 Å². The molecule has 6 N–H and O–H groups in total. The van der Waals surface area contributed by atoms with E-state index < -0.39 is 58.6 Å². The van der Waals surface area contributed by atoms with Gasteiger partial charge in [0.2, 0.25) is 5.78 Å². The van der Waals surface area contributed by atoms with Crippen LogP contribution in [-0.2, 0) is 16.0 Å². The van der Waals surface area contributed by atoms with Crippen molar-refractivity contribution < 1.29 is 34.8 Å². The van der Waals surface area contributed by atoms with E-state index in [0.29, 0.717) is 23.1 Å². The number of benzene rings is 2.